The van der Waals surface area contributed by atoms with Crippen LogP contribution in [0.25, 0.3) is 10.7 Å². The molecule has 0 spiro atoms. The molecule has 0 saturated carbocycles. The molecule has 2 aliphatic heterocycles. The van der Waals surface area contributed by atoms with Gasteiger partial charge in [0.05, 0.1) is 17.3 Å². The number of hydrogen-bond acceptors (Lipinski definition) is 6. The lowest BCUT2D eigenvalue weighted by Gasteiger charge is -2.37. The third-order valence-electron chi connectivity index (χ3n) is 6.72. The molecule has 2 aromatic heterocycles. The second-order valence-electron chi connectivity index (χ2n) is 9.02. The number of thiophene rings is 1. The Labute approximate surface area is 193 Å². The SMILES string of the molecule is O=C(C1CCCN(Cc2nc(-c3cccs3)no2)C1)N1CCC(Cc2ccccc2)CC1. The summed E-state index contributed by atoms with van der Waals surface area (Å²) < 4.78 is 5.47. The highest BCUT2D eigenvalue weighted by Gasteiger charge is 2.32. The minimum absolute atomic E-state index is 0.0779. The molecule has 0 radical (unpaired) electrons. The van der Waals surface area contributed by atoms with Gasteiger partial charge in [0.2, 0.25) is 17.6 Å². The third-order valence-corrected chi connectivity index (χ3v) is 7.58. The van der Waals surface area contributed by atoms with Gasteiger partial charge in [-0.3, -0.25) is 9.69 Å². The number of carbonyl (C=O) groups excluding carboxylic acids is 1. The van der Waals surface area contributed by atoms with Gasteiger partial charge in [-0.05, 0) is 61.6 Å². The first-order valence-electron chi connectivity index (χ1n) is 11.7. The monoisotopic (exact) mass is 450 g/mol. The Morgan fingerprint density at radius 3 is 2.69 bits per heavy atom. The third kappa shape index (κ3) is 5.10. The minimum atomic E-state index is 0.0779. The number of aromatic nitrogens is 2. The summed E-state index contributed by atoms with van der Waals surface area (Å²) in [4.78, 5) is 23.2. The van der Waals surface area contributed by atoms with E-state index in [1.165, 1.54) is 5.56 Å². The molecular weight excluding hydrogens is 420 g/mol. The van der Waals surface area contributed by atoms with Gasteiger partial charge in [-0.25, -0.2) is 0 Å². The zero-order chi connectivity index (χ0) is 21.8. The van der Waals surface area contributed by atoms with Crippen LogP contribution >= 0.6 is 11.3 Å². The largest absolute Gasteiger partial charge is 0.342 e. The van der Waals surface area contributed by atoms with Crippen LogP contribution in [-0.4, -0.2) is 52.0 Å². The molecule has 32 heavy (non-hydrogen) atoms. The highest BCUT2D eigenvalue weighted by Crippen LogP contribution is 2.26. The number of benzene rings is 1. The maximum Gasteiger partial charge on any atom is 0.241 e. The van der Waals surface area contributed by atoms with Gasteiger partial charge in [-0.1, -0.05) is 41.6 Å². The van der Waals surface area contributed by atoms with Crippen LogP contribution in [0, 0.1) is 11.8 Å². The molecule has 6 nitrogen and oxygen atoms in total. The maximum atomic E-state index is 13.2. The van der Waals surface area contributed by atoms with Crippen LogP contribution in [0.5, 0.6) is 0 Å². The Bertz CT molecular complexity index is 996. The van der Waals surface area contributed by atoms with E-state index in [1.54, 1.807) is 11.3 Å². The van der Waals surface area contributed by atoms with Crippen molar-refractivity contribution in [3.05, 3.63) is 59.3 Å². The molecule has 2 aliphatic rings. The molecule has 168 valence electrons. The van der Waals surface area contributed by atoms with E-state index in [9.17, 15) is 4.79 Å². The van der Waals surface area contributed by atoms with Crippen LogP contribution in [0.1, 0.15) is 37.1 Å². The summed E-state index contributed by atoms with van der Waals surface area (Å²) >= 11 is 1.61. The summed E-state index contributed by atoms with van der Waals surface area (Å²) in [6, 6.07) is 14.7. The molecule has 7 heteroatoms. The topological polar surface area (TPSA) is 62.5 Å². The predicted molar refractivity (Wildman–Crippen MR) is 125 cm³/mol. The van der Waals surface area contributed by atoms with Crippen molar-refractivity contribution in [3.8, 4) is 10.7 Å². The number of rotatable bonds is 6. The molecule has 3 aromatic rings. The zero-order valence-corrected chi connectivity index (χ0v) is 19.2. The molecule has 1 aromatic carbocycles. The fourth-order valence-corrected chi connectivity index (χ4v) is 5.63. The van der Waals surface area contributed by atoms with E-state index in [2.05, 4.69) is 50.3 Å². The number of piperidine rings is 2. The van der Waals surface area contributed by atoms with Crippen molar-refractivity contribution in [1.29, 1.82) is 0 Å². The van der Waals surface area contributed by atoms with Gasteiger partial charge in [-0.2, -0.15) is 4.98 Å². The number of carbonyl (C=O) groups is 1. The Kier molecular flexibility index (Phi) is 6.64. The van der Waals surface area contributed by atoms with Crippen LogP contribution < -0.4 is 0 Å². The van der Waals surface area contributed by atoms with Gasteiger partial charge in [0.25, 0.3) is 0 Å². The maximum absolute atomic E-state index is 13.2. The second-order valence-corrected chi connectivity index (χ2v) is 9.97. The van der Waals surface area contributed by atoms with Gasteiger partial charge in [0, 0.05) is 19.6 Å². The molecule has 1 amide bonds. The average molecular weight is 451 g/mol. The first-order valence-corrected chi connectivity index (χ1v) is 12.5. The van der Waals surface area contributed by atoms with E-state index < -0.39 is 0 Å². The fourth-order valence-electron chi connectivity index (χ4n) is 4.98. The summed E-state index contributed by atoms with van der Waals surface area (Å²) in [5.41, 5.74) is 1.41. The number of nitrogens with zero attached hydrogens (tertiary/aromatic N) is 4. The predicted octanol–water partition coefficient (Wildman–Crippen LogP) is 4.49. The van der Waals surface area contributed by atoms with Crippen LogP contribution in [0.4, 0.5) is 0 Å². The van der Waals surface area contributed by atoms with Crippen LogP contribution in [-0.2, 0) is 17.8 Å². The van der Waals surface area contributed by atoms with Crippen LogP contribution in [0.2, 0.25) is 0 Å². The quantitative estimate of drug-likeness (QED) is 0.554. The molecule has 2 saturated heterocycles. The van der Waals surface area contributed by atoms with Crippen molar-refractivity contribution in [1.82, 2.24) is 19.9 Å². The van der Waals surface area contributed by atoms with Gasteiger partial charge >= 0.3 is 0 Å². The standard InChI is InChI=1S/C25H30N4O2S/c30-25(29-13-10-20(11-14-29)16-19-6-2-1-3-7-19)21-8-4-12-28(17-21)18-23-26-24(27-31-23)22-9-5-15-32-22/h1-3,5-7,9,15,20-21H,4,8,10-14,16-18H2. The first kappa shape index (κ1) is 21.3. The van der Waals surface area contributed by atoms with Gasteiger partial charge in [-0.15, -0.1) is 11.3 Å². The molecule has 4 heterocycles. The lowest BCUT2D eigenvalue weighted by molar-refractivity contribution is -0.138. The molecule has 0 aliphatic carbocycles. The van der Waals surface area contributed by atoms with Crippen LogP contribution in [0.15, 0.2) is 52.4 Å². The molecule has 1 unspecified atom stereocenters. The zero-order valence-electron chi connectivity index (χ0n) is 18.4. The number of likely N-dealkylation sites (tertiary alicyclic amines) is 2. The van der Waals surface area contributed by atoms with Crippen molar-refractivity contribution >= 4 is 17.2 Å². The molecule has 0 bridgehead atoms. The second kappa shape index (κ2) is 9.96. The normalized spacial score (nSPS) is 20.5. The molecule has 1 atom stereocenters. The van der Waals surface area contributed by atoms with E-state index in [-0.39, 0.29) is 5.92 Å². The summed E-state index contributed by atoms with van der Waals surface area (Å²) in [6.45, 7) is 4.14. The van der Waals surface area contributed by atoms with Crippen molar-refractivity contribution in [2.45, 2.75) is 38.6 Å². The Balaban J connectivity index is 1.12. The minimum Gasteiger partial charge on any atom is -0.342 e. The van der Waals surface area contributed by atoms with Crippen molar-refractivity contribution in [2.24, 2.45) is 11.8 Å². The molecule has 0 N–H and O–H groups in total. The summed E-state index contributed by atoms with van der Waals surface area (Å²) in [5, 5.41) is 6.12. The molecule has 5 rings (SSSR count). The summed E-state index contributed by atoms with van der Waals surface area (Å²) in [7, 11) is 0. The van der Waals surface area contributed by atoms with Gasteiger partial charge in [0.1, 0.15) is 0 Å². The molecular formula is C25H30N4O2S. The first-order chi connectivity index (χ1) is 15.7. The Morgan fingerprint density at radius 1 is 1.06 bits per heavy atom. The lowest BCUT2D eigenvalue weighted by atomic mass is 9.89. The van der Waals surface area contributed by atoms with Gasteiger partial charge in [0.15, 0.2) is 0 Å². The smallest absolute Gasteiger partial charge is 0.241 e. The fraction of sp³-hybridized carbons (Fsp3) is 0.480. The summed E-state index contributed by atoms with van der Waals surface area (Å²) in [5.74, 6) is 2.37. The Morgan fingerprint density at radius 2 is 1.91 bits per heavy atom. The summed E-state index contributed by atoms with van der Waals surface area (Å²) in [6.07, 6.45) is 5.34. The van der Waals surface area contributed by atoms with E-state index in [4.69, 9.17) is 4.52 Å². The Hall–Kier alpha value is -2.51. The highest BCUT2D eigenvalue weighted by molar-refractivity contribution is 7.13. The number of amides is 1. The highest BCUT2D eigenvalue weighted by atomic mass is 32.1. The van der Waals surface area contributed by atoms with Crippen molar-refractivity contribution in [3.63, 3.8) is 0 Å². The number of hydrogen-bond donors (Lipinski definition) is 0. The average Bonchev–Trinajstić information content (AvgIpc) is 3.52. The van der Waals surface area contributed by atoms with E-state index in [1.807, 2.05) is 17.5 Å². The lowest BCUT2D eigenvalue weighted by Crippen LogP contribution is -2.47. The van der Waals surface area contributed by atoms with E-state index in [0.29, 0.717) is 30.1 Å². The molecule has 2 fully saturated rings. The van der Waals surface area contributed by atoms with E-state index in [0.717, 1.165) is 63.2 Å². The van der Waals surface area contributed by atoms with Crippen molar-refractivity contribution < 1.29 is 9.32 Å². The van der Waals surface area contributed by atoms with Crippen molar-refractivity contribution in [2.75, 3.05) is 26.2 Å². The van der Waals surface area contributed by atoms with E-state index >= 15 is 0 Å². The van der Waals surface area contributed by atoms with Crippen LogP contribution in [0.3, 0.4) is 0 Å². The van der Waals surface area contributed by atoms with Gasteiger partial charge < -0.3 is 9.42 Å².